The SMILES string of the molecule is CSCCC(NC(=O)C(N)CC(N)=O)C(=O)NC(CCCN=C(N)N)C(=O)NC(Cc1ccccc1)C(=O)O. The summed E-state index contributed by atoms with van der Waals surface area (Å²) in [7, 11) is 0. The van der Waals surface area contributed by atoms with Crippen molar-refractivity contribution in [3.63, 3.8) is 0 Å². The molecule has 0 bridgehead atoms. The maximum absolute atomic E-state index is 13.2. The highest BCUT2D eigenvalue weighted by Gasteiger charge is 2.30. The number of rotatable bonds is 18. The van der Waals surface area contributed by atoms with Gasteiger partial charge in [0.1, 0.15) is 18.1 Å². The molecular weight excluding hydrogens is 528 g/mol. The average molecular weight is 567 g/mol. The number of hydrogen-bond donors (Lipinski definition) is 8. The van der Waals surface area contributed by atoms with Gasteiger partial charge in [0.2, 0.25) is 23.6 Å². The Labute approximate surface area is 231 Å². The highest BCUT2D eigenvalue weighted by Crippen LogP contribution is 2.08. The Balaban J connectivity index is 3.05. The summed E-state index contributed by atoms with van der Waals surface area (Å²) in [6.07, 6.45) is 2.01. The largest absolute Gasteiger partial charge is 0.480 e. The topological polar surface area (TPSA) is 258 Å². The van der Waals surface area contributed by atoms with Crippen LogP contribution in [0, 0.1) is 0 Å². The molecule has 15 heteroatoms. The number of carboxylic acids is 1. The van der Waals surface area contributed by atoms with Crippen LogP contribution in [0.1, 0.15) is 31.2 Å². The molecule has 216 valence electrons. The number of amides is 4. The summed E-state index contributed by atoms with van der Waals surface area (Å²) in [6.45, 7) is 0.170. The van der Waals surface area contributed by atoms with Gasteiger partial charge in [0.25, 0.3) is 0 Å². The minimum atomic E-state index is -1.25. The van der Waals surface area contributed by atoms with Gasteiger partial charge in [-0.25, -0.2) is 4.79 Å². The third kappa shape index (κ3) is 13.5. The van der Waals surface area contributed by atoms with E-state index in [1.165, 1.54) is 11.8 Å². The van der Waals surface area contributed by atoms with Gasteiger partial charge in [-0.15, -0.1) is 0 Å². The molecule has 0 aliphatic carbocycles. The van der Waals surface area contributed by atoms with E-state index in [0.29, 0.717) is 11.3 Å². The molecule has 4 amide bonds. The summed E-state index contributed by atoms with van der Waals surface area (Å²) in [5, 5.41) is 17.3. The quantitative estimate of drug-likeness (QED) is 0.0539. The first-order valence-electron chi connectivity index (χ1n) is 12.2. The molecule has 4 unspecified atom stereocenters. The van der Waals surface area contributed by atoms with Gasteiger partial charge in [-0.05, 0) is 36.8 Å². The third-order valence-electron chi connectivity index (χ3n) is 5.48. The van der Waals surface area contributed by atoms with Gasteiger partial charge in [-0.2, -0.15) is 11.8 Å². The minimum Gasteiger partial charge on any atom is -0.480 e. The lowest BCUT2D eigenvalue weighted by molar-refractivity contribution is -0.142. The zero-order valence-electron chi connectivity index (χ0n) is 21.8. The van der Waals surface area contributed by atoms with Crippen LogP contribution in [0.25, 0.3) is 0 Å². The van der Waals surface area contributed by atoms with Crippen molar-refractivity contribution in [1.29, 1.82) is 0 Å². The van der Waals surface area contributed by atoms with Crippen LogP contribution in [0.4, 0.5) is 0 Å². The predicted molar refractivity (Wildman–Crippen MR) is 148 cm³/mol. The summed E-state index contributed by atoms with van der Waals surface area (Å²) in [5.41, 5.74) is 22.2. The molecule has 0 aliphatic heterocycles. The molecular formula is C24H38N8O6S. The Hall–Kier alpha value is -3.85. The van der Waals surface area contributed by atoms with Gasteiger partial charge < -0.3 is 44.0 Å². The van der Waals surface area contributed by atoms with E-state index in [-0.39, 0.29) is 38.2 Å². The summed E-state index contributed by atoms with van der Waals surface area (Å²) in [4.78, 5) is 65.6. The maximum Gasteiger partial charge on any atom is 0.326 e. The second kappa shape index (κ2) is 17.6. The summed E-state index contributed by atoms with van der Waals surface area (Å²) >= 11 is 1.43. The van der Waals surface area contributed by atoms with E-state index in [0.717, 1.165) is 0 Å². The van der Waals surface area contributed by atoms with Gasteiger partial charge in [0.05, 0.1) is 12.5 Å². The molecule has 14 nitrogen and oxygen atoms in total. The summed E-state index contributed by atoms with van der Waals surface area (Å²) in [5.74, 6) is -3.82. The lowest BCUT2D eigenvalue weighted by Crippen LogP contribution is -2.57. The first kappa shape index (κ1) is 33.2. The number of carboxylic acid groups (broad SMARTS) is 1. The smallest absolute Gasteiger partial charge is 0.326 e. The van der Waals surface area contributed by atoms with Crippen molar-refractivity contribution in [2.45, 2.75) is 56.3 Å². The fraction of sp³-hybridized carbons (Fsp3) is 0.500. The number of carbonyl (C=O) groups excluding carboxylic acids is 4. The second-order valence-electron chi connectivity index (χ2n) is 8.72. The van der Waals surface area contributed by atoms with Crippen molar-refractivity contribution < 1.29 is 29.1 Å². The number of guanidine groups is 1. The van der Waals surface area contributed by atoms with Gasteiger partial charge in [0.15, 0.2) is 5.96 Å². The normalized spacial score (nSPS) is 13.7. The lowest BCUT2D eigenvalue weighted by Gasteiger charge is -2.25. The lowest BCUT2D eigenvalue weighted by atomic mass is 10.0. The zero-order valence-corrected chi connectivity index (χ0v) is 22.6. The number of hydrogen-bond acceptors (Lipinski definition) is 8. The Bertz CT molecular complexity index is 1010. The Morgan fingerprint density at radius 2 is 1.46 bits per heavy atom. The van der Waals surface area contributed by atoms with Crippen LogP contribution in [-0.2, 0) is 30.4 Å². The maximum atomic E-state index is 13.2. The van der Waals surface area contributed by atoms with E-state index >= 15 is 0 Å². The highest BCUT2D eigenvalue weighted by molar-refractivity contribution is 7.98. The highest BCUT2D eigenvalue weighted by atomic mass is 32.2. The van der Waals surface area contributed by atoms with Crippen LogP contribution in [-0.4, -0.2) is 83.4 Å². The minimum absolute atomic E-state index is 0.0285. The molecule has 4 atom stereocenters. The number of benzene rings is 1. The number of aliphatic imine (C=N–C) groups is 1. The molecule has 0 radical (unpaired) electrons. The number of nitrogens with zero attached hydrogens (tertiary/aromatic N) is 1. The molecule has 1 aromatic rings. The number of aliphatic carboxylic acids is 1. The zero-order chi connectivity index (χ0) is 29.4. The molecule has 0 saturated carbocycles. The standard InChI is InChI=1S/C24H38N8O6S/c1-39-11-9-17(30-20(34)15(25)13-19(26)33)22(36)31-16(8-5-10-29-24(27)28)21(35)32-18(23(37)38)12-14-6-3-2-4-7-14/h2-4,6-7,15-18H,5,8-13,25H2,1H3,(H2,26,33)(H,30,34)(H,31,36)(H,32,35)(H,37,38)(H4,27,28,29). The van der Waals surface area contributed by atoms with E-state index in [1.54, 1.807) is 30.3 Å². The Morgan fingerprint density at radius 1 is 0.897 bits per heavy atom. The van der Waals surface area contributed by atoms with E-state index in [2.05, 4.69) is 20.9 Å². The number of nitrogens with two attached hydrogens (primary N) is 4. The Kier molecular flexibility index (Phi) is 15.0. The van der Waals surface area contributed by atoms with E-state index in [4.69, 9.17) is 22.9 Å². The molecule has 0 fully saturated rings. The number of thioether (sulfide) groups is 1. The number of nitrogens with one attached hydrogen (secondary N) is 3. The van der Waals surface area contributed by atoms with E-state index in [9.17, 15) is 29.1 Å². The average Bonchev–Trinajstić information content (AvgIpc) is 2.87. The predicted octanol–water partition coefficient (Wildman–Crippen LogP) is -2.22. The molecule has 0 aliphatic rings. The molecule has 1 rings (SSSR count). The van der Waals surface area contributed by atoms with Crippen molar-refractivity contribution in [2.24, 2.45) is 27.9 Å². The fourth-order valence-corrected chi connectivity index (χ4v) is 3.93. The van der Waals surface area contributed by atoms with Gasteiger partial charge in [-0.1, -0.05) is 30.3 Å². The third-order valence-corrected chi connectivity index (χ3v) is 6.12. The molecule has 0 saturated heterocycles. The van der Waals surface area contributed by atoms with Crippen LogP contribution >= 0.6 is 11.8 Å². The molecule has 0 heterocycles. The first-order valence-corrected chi connectivity index (χ1v) is 13.6. The van der Waals surface area contributed by atoms with Crippen molar-refractivity contribution in [3.05, 3.63) is 35.9 Å². The van der Waals surface area contributed by atoms with Crippen LogP contribution in [0.2, 0.25) is 0 Å². The molecule has 12 N–H and O–H groups in total. The van der Waals surface area contributed by atoms with Crippen LogP contribution < -0.4 is 38.9 Å². The Morgan fingerprint density at radius 3 is 2.00 bits per heavy atom. The van der Waals surface area contributed by atoms with Crippen molar-refractivity contribution >= 4 is 47.3 Å². The van der Waals surface area contributed by atoms with Gasteiger partial charge in [-0.3, -0.25) is 24.2 Å². The van der Waals surface area contributed by atoms with E-state index < -0.39 is 60.2 Å². The van der Waals surface area contributed by atoms with E-state index in [1.807, 2.05) is 6.26 Å². The van der Waals surface area contributed by atoms with Crippen molar-refractivity contribution in [2.75, 3.05) is 18.6 Å². The van der Waals surface area contributed by atoms with Crippen molar-refractivity contribution in [3.8, 4) is 0 Å². The van der Waals surface area contributed by atoms with Crippen LogP contribution in [0.15, 0.2) is 35.3 Å². The fourth-order valence-electron chi connectivity index (χ4n) is 3.46. The van der Waals surface area contributed by atoms with Gasteiger partial charge in [0, 0.05) is 13.0 Å². The first-order chi connectivity index (χ1) is 18.4. The van der Waals surface area contributed by atoms with Crippen LogP contribution in [0.3, 0.4) is 0 Å². The summed E-state index contributed by atoms with van der Waals surface area (Å²) < 4.78 is 0. The molecule has 39 heavy (non-hydrogen) atoms. The number of primary amides is 1. The second-order valence-corrected chi connectivity index (χ2v) is 9.70. The molecule has 0 aromatic heterocycles. The molecule has 0 spiro atoms. The summed E-state index contributed by atoms with van der Waals surface area (Å²) in [6, 6.07) is 4.02. The van der Waals surface area contributed by atoms with Gasteiger partial charge >= 0.3 is 5.97 Å². The number of carbonyl (C=O) groups is 5. The van der Waals surface area contributed by atoms with Crippen LogP contribution in [0.5, 0.6) is 0 Å². The molecule has 1 aromatic carbocycles. The monoisotopic (exact) mass is 566 g/mol. The van der Waals surface area contributed by atoms with Crippen molar-refractivity contribution in [1.82, 2.24) is 16.0 Å².